The summed E-state index contributed by atoms with van der Waals surface area (Å²) in [6.45, 7) is 0. The van der Waals surface area contributed by atoms with Crippen molar-refractivity contribution in [1.82, 2.24) is 5.32 Å². The van der Waals surface area contributed by atoms with E-state index in [0.29, 0.717) is 12.3 Å². The number of hydrogen-bond donors (Lipinski definition) is 2. The standard InChI is InChI=1S/C10H18N2O2/c11-10(14)12-9(13)7-8-5-3-1-2-4-6-8/h8H,1-7H2,(H3,11,12,13,14). The van der Waals surface area contributed by atoms with Gasteiger partial charge in [-0.05, 0) is 18.8 Å². The lowest BCUT2D eigenvalue weighted by Crippen LogP contribution is -2.35. The van der Waals surface area contributed by atoms with Crippen molar-refractivity contribution in [2.24, 2.45) is 11.7 Å². The Morgan fingerprint density at radius 1 is 1.14 bits per heavy atom. The van der Waals surface area contributed by atoms with Crippen LogP contribution in [0.4, 0.5) is 4.79 Å². The molecule has 0 unspecified atom stereocenters. The molecule has 4 nitrogen and oxygen atoms in total. The number of nitrogens with two attached hydrogens (primary N) is 1. The topological polar surface area (TPSA) is 72.2 Å². The quantitative estimate of drug-likeness (QED) is 0.660. The summed E-state index contributed by atoms with van der Waals surface area (Å²) in [5.74, 6) is 0.209. The van der Waals surface area contributed by atoms with Gasteiger partial charge >= 0.3 is 6.03 Å². The molecule has 1 aliphatic rings. The SMILES string of the molecule is NC(=O)NC(=O)CC1CCCCCC1. The molecule has 1 fully saturated rings. The third kappa shape index (κ3) is 4.25. The van der Waals surface area contributed by atoms with E-state index in [9.17, 15) is 9.59 Å². The number of amides is 3. The van der Waals surface area contributed by atoms with E-state index in [0.717, 1.165) is 12.8 Å². The average molecular weight is 198 g/mol. The maximum absolute atomic E-state index is 11.2. The van der Waals surface area contributed by atoms with Gasteiger partial charge in [0.2, 0.25) is 5.91 Å². The molecule has 14 heavy (non-hydrogen) atoms. The molecule has 0 heterocycles. The van der Waals surface area contributed by atoms with Gasteiger partial charge in [-0.15, -0.1) is 0 Å². The lowest BCUT2D eigenvalue weighted by Gasteiger charge is -2.12. The Hall–Kier alpha value is -1.06. The van der Waals surface area contributed by atoms with Gasteiger partial charge in [0.25, 0.3) is 0 Å². The third-order valence-corrected chi connectivity index (χ3v) is 2.71. The molecule has 3 amide bonds. The van der Waals surface area contributed by atoms with Crippen LogP contribution in [0.2, 0.25) is 0 Å². The zero-order chi connectivity index (χ0) is 10.4. The first-order chi connectivity index (χ1) is 6.68. The van der Waals surface area contributed by atoms with Crippen molar-refractivity contribution in [3.63, 3.8) is 0 Å². The molecular formula is C10H18N2O2. The summed E-state index contributed by atoms with van der Waals surface area (Å²) in [6.07, 6.45) is 7.60. The molecule has 0 aromatic heterocycles. The van der Waals surface area contributed by atoms with Gasteiger partial charge in [-0.25, -0.2) is 4.79 Å². The van der Waals surface area contributed by atoms with Crippen LogP contribution in [0.5, 0.6) is 0 Å². The molecule has 0 atom stereocenters. The maximum Gasteiger partial charge on any atom is 0.318 e. The second kappa shape index (κ2) is 5.62. The summed E-state index contributed by atoms with van der Waals surface area (Å²) >= 11 is 0. The molecule has 80 valence electrons. The van der Waals surface area contributed by atoms with E-state index in [-0.39, 0.29) is 5.91 Å². The van der Waals surface area contributed by atoms with Gasteiger partial charge < -0.3 is 5.73 Å². The van der Waals surface area contributed by atoms with Gasteiger partial charge in [0.1, 0.15) is 0 Å². The highest BCUT2D eigenvalue weighted by atomic mass is 16.2. The fourth-order valence-corrected chi connectivity index (χ4v) is 2.02. The van der Waals surface area contributed by atoms with Crippen LogP contribution in [-0.4, -0.2) is 11.9 Å². The van der Waals surface area contributed by atoms with Crippen molar-refractivity contribution in [1.29, 1.82) is 0 Å². The van der Waals surface area contributed by atoms with E-state index in [2.05, 4.69) is 5.32 Å². The molecule has 0 bridgehead atoms. The Labute approximate surface area is 84.2 Å². The number of primary amides is 1. The minimum Gasteiger partial charge on any atom is -0.351 e. The van der Waals surface area contributed by atoms with Crippen molar-refractivity contribution in [3.8, 4) is 0 Å². The Balaban J connectivity index is 2.27. The highest BCUT2D eigenvalue weighted by Crippen LogP contribution is 2.25. The predicted molar refractivity (Wildman–Crippen MR) is 53.5 cm³/mol. The lowest BCUT2D eigenvalue weighted by atomic mass is 9.96. The summed E-state index contributed by atoms with van der Waals surface area (Å²) in [5, 5.41) is 2.11. The van der Waals surface area contributed by atoms with Crippen LogP contribution in [0.1, 0.15) is 44.9 Å². The van der Waals surface area contributed by atoms with Gasteiger partial charge in [-0.1, -0.05) is 25.7 Å². The fourth-order valence-electron chi connectivity index (χ4n) is 2.02. The molecule has 4 heteroatoms. The minimum atomic E-state index is -0.747. The molecule has 0 aromatic carbocycles. The van der Waals surface area contributed by atoms with E-state index in [1.54, 1.807) is 0 Å². The molecule has 1 aliphatic carbocycles. The van der Waals surface area contributed by atoms with E-state index in [1.165, 1.54) is 25.7 Å². The second-order valence-corrected chi connectivity index (χ2v) is 3.97. The summed E-state index contributed by atoms with van der Waals surface area (Å²) in [4.78, 5) is 21.6. The van der Waals surface area contributed by atoms with Crippen LogP contribution < -0.4 is 11.1 Å². The first-order valence-corrected chi connectivity index (χ1v) is 5.28. The third-order valence-electron chi connectivity index (χ3n) is 2.71. The number of rotatable bonds is 2. The molecule has 0 saturated heterocycles. The first kappa shape index (κ1) is 11.0. The van der Waals surface area contributed by atoms with Crippen molar-refractivity contribution < 1.29 is 9.59 Å². The molecule has 0 aliphatic heterocycles. The molecule has 0 spiro atoms. The lowest BCUT2D eigenvalue weighted by molar-refractivity contribution is -0.120. The molecule has 0 aromatic rings. The van der Waals surface area contributed by atoms with Crippen molar-refractivity contribution in [2.75, 3.05) is 0 Å². The maximum atomic E-state index is 11.2. The van der Waals surface area contributed by atoms with Crippen molar-refractivity contribution in [2.45, 2.75) is 44.9 Å². The van der Waals surface area contributed by atoms with Gasteiger partial charge in [-0.2, -0.15) is 0 Å². The largest absolute Gasteiger partial charge is 0.351 e. The summed E-state index contributed by atoms with van der Waals surface area (Å²) in [5.41, 5.74) is 4.86. The smallest absolute Gasteiger partial charge is 0.318 e. The highest BCUT2D eigenvalue weighted by molar-refractivity contribution is 5.93. The van der Waals surface area contributed by atoms with E-state index >= 15 is 0 Å². The first-order valence-electron chi connectivity index (χ1n) is 5.28. The van der Waals surface area contributed by atoms with Crippen LogP contribution in [0.3, 0.4) is 0 Å². The summed E-state index contributed by atoms with van der Waals surface area (Å²) in [7, 11) is 0. The molecule has 0 radical (unpaired) electrons. The Bertz CT molecular complexity index is 208. The van der Waals surface area contributed by atoms with Crippen LogP contribution in [-0.2, 0) is 4.79 Å². The summed E-state index contributed by atoms with van der Waals surface area (Å²) < 4.78 is 0. The van der Waals surface area contributed by atoms with Crippen LogP contribution in [0.25, 0.3) is 0 Å². The second-order valence-electron chi connectivity index (χ2n) is 3.97. The monoisotopic (exact) mass is 198 g/mol. The van der Waals surface area contributed by atoms with Gasteiger partial charge in [0.05, 0.1) is 0 Å². The van der Waals surface area contributed by atoms with E-state index in [4.69, 9.17) is 5.73 Å². The van der Waals surface area contributed by atoms with Crippen LogP contribution >= 0.6 is 0 Å². The molecule has 3 N–H and O–H groups in total. The zero-order valence-electron chi connectivity index (χ0n) is 8.42. The Morgan fingerprint density at radius 2 is 1.71 bits per heavy atom. The van der Waals surface area contributed by atoms with Crippen molar-refractivity contribution in [3.05, 3.63) is 0 Å². The minimum absolute atomic E-state index is 0.232. The number of imide groups is 1. The number of nitrogens with one attached hydrogen (secondary N) is 1. The number of carbonyl (C=O) groups is 2. The number of hydrogen-bond acceptors (Lipinski definition) is 2. The number of carbonyl (C=O) groups excluding carboxylic acids is 2. The molecule has 1 rings (SSSR count). The van der Waals surface area contributed by atoms with E-state index in [1.807, 2.05) is 0 Å². The predicted octanol–water partition coefficient (Wildman–Crippen LogP) is 1.54. The average Bonchev–Trinajstić information content (AvgIpc) is 2.31. The van der Waals surface area contributed by atoms with E-state index < -0.39 is 6.03 Å². The van der Waals surface area contributed by atoms with Crippen LogP contribution in [0, 0.1) is 5.92 Å². The van der Waals surface area contributed by atoms with Crippen molar-refractivity contribution >= 4 is 11.9 Å². The van der Waals surface area contributed by atoms with Gasteiger partial charge in [0, 0.05) is 6.42 Å². The normalized spacial score (nSPS) is 18.6. The zero-order valence-corrected chi connectivity index (χ0v) is 8.42. The van der Waals surface area contributed by atoms with Gasteiger partial charge in [0.15, 0.2) is 0 Å². The highest BCUT2D eigenvalue weighted by Gasteiger charge is 2.16. The fraction of sp³-hybridized carbons (Fsp3) is 0.800. The molecular weight excluding hydrogens is 180 g/mol. The summed E-state index contributed by atoms with van der Waals surface area (Å²) in [6, 6.07) is -0.747. The Morgan fingerprint density at radius 3 is 2.21 bits per heavy atom. The number of urea groups is 1. The van der Waals surface area contributed by atoms with Gasteiger partial charge in [-0.3, -0.25) is 10.1 Å². The van der Waals surface area contributed by atoms with Crippen LogP contribution in [0.15, 0.2) is 0 Å². The molecule has 1 saturated carbocycles. The Kier molecular flexibility index (Phi) is 4.43.